The highest BCUT2D eigenvalue weighted by molar-refractivity contribution is 4.91. The lowest BCUT2D eigenvalue weighted by molar-refractivity contribution is 0.118. The van der Waals surface area contributed by atoms with Gasteiger partial charge in [0.05, 0.1) is 0 Å². The fraction of sp³-hybridized carbons (Fsp3) is 1.00. The van der Waals surface area contributed by atoms with Gasteiger partial charge in [-0.1, -0.05) is 13.8 Å². The van der Waals surface area contributed by atoms with E-state index in [1.165, 1.54) is 0 Å². The van der Waals surface area contributed by atoms with Gasteiger partial charge in [-0.3, -0.25) is 0 Å². The number of hydrogen-bond acceptors (Lipinski definition) is 3. The first-order valence-electron chi connectivity index (χ1n) is 5.67. The lowest BCUT2D eigenvalue weighted by Crippen LogP contribution is -2.52. The molecule has 0 aliphatic heterocycles. The highest BCUT2D eigenvalue weighted by Crippen LogP contribution is 2.28. The van der Waals surface area contributed by atoms with Crippen LogP contribution in [-0.2, 0) is 4.74 Å². The fourth-order valence-electron chi connectivity index (χ4n) is 1.44. The Labute approximate surface area is 95.0 Å². The van der Waals surface area contributed by atoms with Crippen molar-refractivity contribution in [2.24, 2.45) is 11.1 Å². The molecule has 0 aromatic rings. The summed E-state index contributed by atoms with van der Waals surface area (Å²) >= 11 is 0. The van der Waals surface area contributed by atoms with Crippen molar-refractivity contribution in [2.75, 3.05) is 33.9 Å². The van der Waals surface area contributed by atoms with Crippen LogP contribution in [0, 0.1) is 5.41 Å². The molecular weight excluding hydrogens is 188 g/mol. The Balaban J connectivity index is 3.99. The summed E-state index contributed by atoms with van der Waals surface area (Å²) in [5.74, 6) is 0. The molecule has 3 heteroatoms. The van der Waals surface area contributed by atoms with Gasteiger partial charge in [0.2, 0.25) is 0 Å². The summed E-state index contributed by atoms with van der Waals surface area (Å²) in [6.45, 7) is 11.5. The number of ether oxygens (including phenoxy) is 1. The number of nitrogens with zero attached hydrogens (tertiary/aromatic N) is 1. The highest BCUT2D eigenvalue weighted by atomic mass is 16.5. The Morgan fingerprint density at radius 1 is 1.20 bits per heavy atom. The van der Waals surface area contributed by atoms with E-state index < -0.39 is 0 Å². The highest BCUT2D eigenvalue weighted by Gasteiger charge is 2.34. The van der Waals surface area contributed by atoms with Crippen molar-refractivity contribution < 1.29 is 4.74 Å². The lowest BCUT2D eigenvalue weighted by Gasteiger charge is -2.41. The molecule has 0 rings (SSSR count). The molecule has 0 aliphatic rings. The largest absolute Gasteiger partial charge is 0.385 e. The molecular formula is C12H28N2O. The molecule has 2 N–H and O–H groups in total. The molecule has 0 aliphatic carbocycles. The molecule has 0 radical (unpaired) electrons. The topological polar surface area (TPSA) is 38.5 Å². The van der Waals surface area contributed by atoms with Crippen LogP contribution in [0.2, 0.25) is 0 Å². The molecule has 0 atom stereocenters. The Bertz CT molecular complexity index is 173. The smallest absolute Gasteiger partial charge is 0.0474 e. The van der Waals surface area contributed by atoms with Crippen molar-refractivity contribution in [3.8, 4) is 0 Å². The summed E-state index contributed by atoms with van der Waals surface area (Å²) in [6, 6.07) is 0. The van der Waals surface area contributed by atoms with Crippen LogP contribution in [0.3, 0.4) is 0 Å². The van der Waals surface area contributed by atoms with E-state index in [-0.39, 0.29) is 11.0 Å². The molecule has 15 heavy (non-hydrogen) atoms. The van der Waals surface area contributed by atoms with Crippen molar-refractivity contribution in [1.82, 2.24) is 4.90 Å². The number of rotatable bonds is 7. The Kier molecular flexibility index (Phi) is 5.78. The maximum Gasteiger partial charge on any atom is 0.0474 e. The zero-order chi connectivity index (χ0) is 12.1. The van der Waals surface area contributed by atoms with Crippen LogP contribution in [-0.4, -0.2) is 44.3 Å². The van der Waals surface area contributed by atoms with Crippen molar-refractivity contribution >= 4 is 0 Å². The molecule has 0 amide bonds. The zero-order valence-corrected chi connectivity index (χ0v) is 11.3. The van der Waals surface area contributed by atoms with Crippen molar-refractivity contribution in [3.05, 3.63) is 0 Å². The Morgan fingerprint density at radius 2 is 1.73 bits per heavy atom. The second-order valence-electron chi connectivity index (χ2n) is 5.69. The molecule has 0 saturated carbocycles. The SMILES string of the molecule is COCCCN(C)CC(C)(C)C(C)(C)N. The van der Waals surface area contributed by atoms with Crippen LogP contribution < -0.4 is 5.73 Å². The summed E-state index contributed by atoms with van der Waals surface area (Å²) in [5.41, 5.74) is 6.13. The second-order valence-corrected chi connectivity index (χ2v) is 5.69. The van der Waals surface area contributed by atoms with E-state index in [4.69, 9.17) is 10.5 Å². The monoisotopic (exact) mass is 216 g/mol. The third-order valence-electron chi connectivity index (χ3n) is 3.30. The van der Waals surface area contributed by atoms with Gasteiger partial charge in [0, 0.05) is 32.3 Å². The molecule has 3 nitrogen and oxygen atoms in total. The van der Waals surface area contributed by atoms with Gasteiger partial charge in [0.25, 0.3) is 0 Å². The van der Waals surface area contributed by atoms with Gasteiger partial charge >= 0.3 is 0 Å². The minimum absolute atomic E-state index is 0.120. The van der Waals surface area contributed by atoms with Crippen molar-refractivity contribution in [2.45, 2.75) is 39.7 Å². The summed E-state index contributed by atoms with van der Waals surface area (Å²) in [7, 11) is 3.89. The average Bonchev–Trinajstić information content (AvgIpc) is 2.01. The first kappa shape index (κ1) is 14.9. The van der Waals surface area contributed by atoms with E-state index in [9.17, 15) is 0 Å². The predicted molar refractivity (Wildman–Crippen MR) is 66.0 cm³/mol. The van der Waals surface area contributed by atoms with Gasteiger partial charge in [0.1, 0.15) is 0 Å². The molecule has 0 unspecified atom stereocenters. The zero-order valence-electron chi connectivity index (χ0n) is 11.3. The third kappa shape index (κ3) is 5.50. The minimum atomic E-state index is -0.150. The standard InChI is InChI=1S/C12H28N2O/c1-11(2,12(3,4)13)10-14(5)8-7-9-15-6/h7-10,13H2,1-6H3. The third-order valence-corrected chi connectivity index (χ3v) is 3.30. The Hall–Kier alpha value is -0.120. The minimum Gasteiger partial charge on any atom is -0.385 e. The molecule has 0 spiro atoms. The average molecular weight is 216 g/mol. The van der Waals surface area contributed by atoms with Crippen molar-refractivity contribution in [3.63, 3.8) is 0 Å². The molecule has 0 bridgehead atoms. The molecule has 0 aromatic heterocycles. The van der Waals surface area contributed by atoms with Gasteiger partial charge in [0.15, 0.2) is 0 Å². The molecule has 92 valence electrons. The lowest BCUT2D eigenvalue weighted by atomic mass is 9.75. The van der Waals surface area contributed by atoms with Gasteiger partial charge in [-0.15, -0.1) is 0 Å². The van der Waals surface area contributed by atoms with E-state index >= 15 is 0 Å². The Morgan fingerprint density at radius 3 is 2.13 bits per heavy atom. The van der Waals surface area contributed by atoms with Gasteiger partial charge in [-0.2, -0.15) is 0 Å². The summed E-state index contributed by atoms with van der Waals surface area (Å²) in [4.78, 5) is 2.33. The summed E-state index contributed by atoms with van der Waals surface area (Å²) < 4.78 is 5.04. The summed E-state index contributed by atoms with van der Waals surface area (Å²) in [5, 5.41) is 0. The van der Waals surface area contributed by atoms with Crippen LogP contribution in [0.25, 0.3) is 0 Å². The van der Waals surface area contributed by atoms with E-state index in [2.05, 4.69) is 39.6 Å². The van der Waals surface area contributed by atoms with Crippen LogP contribution in [0.5, 0.6) is 0 Å². The van der Waals surface area contributed by atoms with E-state index in [0.717, 1.165) is 26.1 Å². The first-order valence-corrected chi connectivity index (χ1v) is 5.67. The van der Waals surface area contributed by atoms with E-state index in [1.54, 1.807) is 7.11 Å². The van der Waals surface area contributed by atoms with Gasteiger partial charge in [-0.25, -0.2) is 0 Å². The van der Waals surface area contributed by atoms with Gasteiger partial charge in [-0.05, 0) is 32.7 Å². The summed E-state index contributed by atoms with van der Waals surface area (Å²) in [6.07, 6.45) is 1.08. The van der Waals surface area contributed by atoms with E-state index in [0.29, 0.717) is 0 Å². The normalized spacial score (nSPS) is 13.6. The van der Waals surface area contributed by atoms with Crippen LogP contribution in [0.4, 0.5) is 0 Å². The van der Waals surface area contributed by atoms with E-state index in [1.807, 2.05) is 0 Å². The number of nitrogens with two attached hydrogens (primary N) is 1. The van der Waals surface area contributed by atoms with Crippen LogP contribution >= 0.6 is 0 Å². The maximum atomic E-state index is 6.17. The molecule has 0 aromatic carbocycles. The molecule has 0 fully saturated rings. The van der Waals surface area contributed by atoms with Gasteiger partial charge < -0.3 is 15.4 Å². The number of hydrogen-bond donors (Lipinski definition) is 1. The van der Waals surface area contributed by atoms with Crippen LogP contribution in [0.15, 0.2) is 0 Å². The maximum absolute atomic E-state index is 6.17. The molecule has 0 saturated heterocycles. The van der Waals surface area contributed by atoms with Crippen molar-refractivity contribution in [1.29, 1.82) is 0 Å². The second kappa shape index (κ2) is 5.83. The predicted octanol–water partition coefficient (Wildman–Crippen LogP) is 1.72. The van der Waals surface area contributed by atoms with Crippen LogP contribution in [0.1, 0.15) is 34.1 Å². The molecule has 0 heterocycles. The first-order chi connectivity index (χ1) is 6.70. The number of methoxy groups -OCH3 is 1. The fourth-order valence-corrected chi connectivity index (χ4v) is 1.44. The quantitative estimate of drug-likeness (QED) is 0.659.